The highest BCUT2D eigenvalue weighted by atomic mass is 16.3. The average molecular weight is 181 g/mol. The molecule has 0 aromatic carbocycles. The zero-order chi connectivity index (χ0) is 9.68. The van der Waals surface area contributed by atoms with Crippen LogP contribution in [0.2, 0.25) is 0 Å². The zero-order valence-electron chi connectivity index (χ0n) is 8.71. The van der Waals surface area contributed by atoms with E-state index in [1.807, 2.05) is 19.4 Å². The highest BCUT2D eigenvalue weighted by Crippen LogP contribution is 2.15. The Hall–Kier alpha value is -0.760. The molecule has 1 N–H and O–H groups in total. The standard InChI is InChI=1S/C11H19NO/c1-4-11(9(2)12-3)7-10-5-6-13-8-10/h5-6,8-9,11-12H,4,7H2,1-3H3. The Labute approximate surface area is 80.3 Å². The van der Waals surface area contributed by atoms with Gasteiger partial charge in [0.05, 0.1) is 12.5 Å². The van der Waals surface area contributed by atoms with Crippen molar-refractivity contribution in [2.45, 2.75) is 32.7 Å². The van der Waals surface area contributed by atoms with Crippen LogP contribution in [0.1, 0.15) is 25.8 Å². The largest absolute Gasteiger partial charge is 0.472 e. The van der Waals surface area contributed by atoms with Gasteiger partial charge in [0.1, 0.15) is 0 Å². The topological polar surface area (TPSA) is 25.2 Å². The summed E-state index contributed by atoms with van der Waals surface area (Å²) in [6, 6.07) is 2.62. The van der Waals surface area contributed by atoms with E-state index in [1.165, 1.54) is 12.0 Å². The lowest BCUT2D eigenvalue weighted by atomic mass is 9.92. The predicted molar refractivity (Wildman–Crippen MR) is 54.7 cm³/mol. The van der Waals surface area contributed by atoms with Gasteiger partial charge in [-0.2, -0.15) is 0 Å². The van der Waals surface area contributed by atoms with E-state index in [0.29, 0.717) is 12.0 Å². The lowest BCUT2D eigenvalue weighted by molar-refractivity contribution is 0.380. The minimum Gasteiger partial charge on any atom is -0.472 e. The molecule has 1 aromatic heterocycles. The van der Waals surface area contributed by atoms with Gasteiger partial charge in [0.25, 0.3) is 0 Å². The van der Waals surface area contributed by atoms with Gasteiger partial charge < -0.3 is 9.73 Å². The molecule has 0 fully saturated rings. The first-order chi connectivity index (χ1) is 6.27. The van der Waals surface area contributed by atoms with E-state index in [-0.39, 0.29) is 0 Å². The third-order valence-corrected chi connectivity index (χ3v) is 2.76. The molecule has 0 amide bonds. The summed E-state index contributed by atoms with van der Waals surface area (Å²) in [5.74, 6) is 0.697. The molecule has 1 heterocycles. The van der Waals surface area contributed by atoms with Crippen LogP contribution in [0.5, 0.6) is 0 Å². The molecule has 2 atom stereocenters. The second-order valence-electron chi connectivity index (χ2n) is 3.58. The molecule has 0 saturated carbocycles. The molecule has 0 saturated heterocycles. The van der Waals surface area contributed by atoms with Gasteiger partial charge >= 0.3 is 0 Å². The van der Waals surface area contributed by atoms with Gasteiger partial charge in [-0.25, -0.2) is 0 Å². The van der Waals surface area contributed by atoms with E-state index in [0.717, 1.165) is 6.42 Å². The van der Waals surface area contributed by atoms with Crippen LogP contribution in [0.4, 0.5) is 0 Å². The summed E-state index contributed by atoms with van der Waals surface area (Å²) in [6.07, 6.45) is 5.89. The van der Waals surface area contributed by atoms with Crippen LogP contribution in [0, 0.1) is 5.92 Å². The molecule has 2 nitrogen and oxygen atoms in total. The molecule has 2 heteroatoms. The van der Waals surface area contributed by atoms with Crippen molar-refractivity contribution in [1.82, 2.24) is 5.32 Å². The molecular formula is C11H19NO. The van der Waals surface area contributed by atoms with Crippen molar-refractivity contribution in [1.29, 1.82) is 0 Å². The third-order valence-electron chi connectivity index (χ3n) is 2.76. The monoisotopic (exact) mass is 181 g/mol. The lowest BCUT2D eigenvalue weighted by Crippen LogP contribution is -2.31. The minimum atomic E-state index is 0.569. The fourth-order valence-corrected chi connectivity index (χ4v) is 1.62. The van der Waals surface area contributed by atoms with Crippen molar-refractivity contribution < 1.29 is 4.42 Å². The average Bonchev–Trinajstić information content (AvgIpc) is 2.65. The van der Waals surface area contributed by atoms with Crippen LogP contribution >= 0.6 is 0 Å². The Morgan fingerprint density at radius 1 is 1.54 bits per heavy atom. The summed E-state index contributed by atoms with van der Waals surface area (Å²) >= 11 is 0. The summed E-state index contributed by atoms with van der Waals surface area (Å²) in [6.45, 7) is 4.47. The van der Waals surface area contributed by atoms with E-state index in [9.17, 15) is 0 Å². The smallest absolute Gasteiger partial charge is 0.0934 e. The number of hydrogen-bond donors (Lipinski definition) is 1. The molecule has 0 bridgehead atoms. The van der Waals surface area contributed by atoms with E-state index < -0.39 is 0 Å². The van der Waals surface area contributed by atoms with Crippen molar-refractivity contribution >= 4 is 0 Å². The first-order valence-corrected chi connectivity index (χ1v) is 4.96. The normalized spacial score (nSPS) is 15.6. The van der Waals surface area contributed by atoms with Gasteiger partial charge in [-0.1, -0.05) is 13.3 Å². The Morgan fingerprint density at radius 2 is 2.31 bits per heavy atom. The molecule has 2 unspecified atom stereocenters. The maximum Gasteiger partial charge on any atom is 0.0934 e. The van der Waals surface area contributed by atoms with Crippen molar-refractivity contribution in [3.63, 3.8) is 0 Å². The number of furan rings is 1. The van der Waals surface area contributed by atoms with E-state index in [2.05, 4.69) is 19.2 Å². The number of rotatable bonds is 5. The highest BCUT2D eigenvalue weighted by molar-refractivity contribution is 5.06. The molecule has 13 heavy (non-hydrogen) atoms. The van der Waals surface area contributed by atoms with Crippen LogP contribution < -0.4 is 5.32 Å². The molecule has 1 rings (SSSR count). The van der Waals surface area contributed by atoms with Crippen LogP contribution in [0.15, 0.2) is 23.0 Å². The second kappa shape index (κ2) is 5.07. The molecule has 0 spiro atoms. The van der Waals surface area contributed by atoms with E-state index in [4.69, 9.17) is 4.42 Å². The first kappa shape index (κ1) is 10.3. The number of hydrogen-bond acceptors (Lipinski definition) is 2. The Balaban J connectivity index is 2.49. The van der Waals surface area contributed by atoms with Gasteiger partial charge in [0, 0.05) is 6.04 Å². The molecule has 1 aromatic rings. The predicted octanol–water partition coefficient (Wildman–Crippen LogP) is 2.46. The van der Waals surface area contributed by atoms with E-state index in [1.54, 1.807) is 6.26 Å². The maximum atomic E-state index is 5.05. The van der Waals surface area contributed by atoms with Gasteiger partial charge in [-0.15, -0.1) is 0 Å². The van der Waals surface area contributed by atoms with Crippen molar-refractivity contribution in [3.8, 4) is 0 Å². The number of nitrogens with one attached hydrogen (secondary N) is 1. The van der Waals surface area contributed by atoms with Gasteiger partial charge in [0.2, 0.25) is 0 Å². The van der Waals surface area contributed by atoms with Crippen LogP contribution in [-0.4, -0.2) is 13.1 Å². The van der Waals surface area contributed by atoms with Crippen LogP contribution in [-0.2, 0) is 6.42 Å². The minimum absolute atomic E-state index is 0.569. The Kier molecular flexibility index (Phi) is 4.03. The van der Waals surface area contributed by atoms with Crippen molar-refractivity contribution in [2.24, 2.45) is 5.92 Å². The third kappa shape index (κ3) is 2.88. The van der Waals surface area contributed by atoms with E-state index >= 15 is 0 Å². The molecule has 0 aliphatic carbocycles. The Bertz CT molecular complexity index is 218. The molecule has 0 radical (unpaired) electrons. The van der Waals surface area contributed by atoms with Crippen molar-refractivity contribution in [2.75, 3.05) is 7.05 Å². The summed E-state index contributed by atoms with van der Waals surface area (Å²) < 4.78 is 5.05. The van der Waals surface area contributed by atoms with Gasteiger partial charge in [-0.3, -0.25) is 0 Å². The molecule has 0 aliphatic rings. The maximum absolute atomic E-state index is 5.05. The SMILES string of the molecule is CCC(Cc1ccoc1)C(C)NC. The zero-order valence-corrected chi connectivity index (χ0v) is 8.71. The summed E-state index contributed by atoms with van der Waals surface area (Å²) in [4.78, 5) is 0. The summed E-state index contributed by atoms with van der Waals surface area (Å²) in [7, 11) is 2.02. The lowest BCUT2D eigenvalue weighted by Gasteiger charge is -2.21. The van der Waals surface area contributed by atoms with Crippen molar-refractivity contribution in [3.05, 3.63) is 24.2 Å². The van der Waals surface area contributed by atoms with Crippen LogP contribution in [0.25, 0.3) is 0 Å². The first-order valence-electron chi connectivity index (χ1n) is 4.96. The summed E-state index contributed by atoms with van der Waals surface area (Å²) in [5, 5.41) is 3.30. The fourth-order valence-electron chi connectivity index (χ4n) is 1.62. The van der Waals surface area contributed by atoms with Crippen LogP contribution in [0.3, 0.4) is 0 Å². The van der Waals surface area contributed by atoms with Gasteiger partial charge in [-0.05, 0) is 37.9 Å². The quantitative estimate of drug-likeness (QED) is 0.754. The van der Waals surface area contributed by atoms with Gasteiger partial charge in [0.15, 0.2) is 0 Å². The molecular weight excluding hydrogens is 162 g/mol. The molecule has 0 aliphatic heterocycles. The Morgan fingerprint density at radius 3 is 2.77 bits per heavy atom. The summed E-state index contributed by atoms with van der Waals surface area (Å²) in [5.41, 5.74) is 1.30. The second-order valence-corrected chi connectivity index (χ2v) is 3.58. The molecule has 74 valence electrons. The fraction of sp³-hybridized carbons (Fsp3) is 0.636. The highest BCUT2D eigenvalue weighted by Gasteiger charge is 2.14.